The Labute approximate surface area is 130 Å². The van der Waals surface area contributed by atoms with Gasteiger partial charge in [0.05, 0.1) is 12.0 Å². The van der Waals surface area contributed by atoms with Crippen LogP contribution in [-0.2, 0) is 16.1 Å². The van der Waals surface area contributed by atoms with Crippen molar-refractivity contribution in [1.29, 1.82) is 0 Å². The highest BCUT2D eigenvalue weighted by Crippen LogP contribution is 2.40. The number of piperidine rings is 1. The molecule has 2 aliphatic heterocycles. The van der Waals surface area contributed by atoms with Gasteiger partial charge < -0.3 is 9.64 Å². The molecule has 1 atom stereocenters. The van der Waals surface area contributed by atoms with E-state index in [1.54, 1.807) is 18.4 Å². The molecule has 1 spiro atoms. The third-order valence-electron chi connectivity index (χ3n) is 4.78. The summed E-state index contributed by atoms with van der Waals surface area (Å²) in [5.74, 6) is 0.357. The van der Waals surface area contributed by atoms with Crippen molar-refractivity contribution < 1.29 is 9.53 Å². The Balaban J connectivity index is 1.63. The first-order valence-corrected chi connectivity index (χ1v) is 8.64. The van der Waals surface area contributed by atoms with Crippen LogP contribution >= 0.6 is 11.3 Å². The molecule has 4 nitrogen and oxygen atoms in total. The normalized spacial score (nSPS) is 26.9. The molecule has 21 heavy (non-hydrogen) atoms. The fraction of sp³-hybridized carbons (Fsp3) is 0.688. The van der Waals surface area contributed by atoms with E-state index in [0.29, 0.717) is 12.5 Å². The van der Waals surface area contributed by atoms with E-state index in [-0.39, 0.29) is 5.41 Å². The van der Waals surface area contributed by atoms with Gasteiger partial charge in [-0.15, -0.1) is 11.3 Å². The molecule has 1 aromatic heterocycles. The zero-order valence-corrected chi connectivity index (χ0v) is 13.5. The molecule has 2 aliphatic rings. The lowest BCUT2D eigenvalue weighted by atomic mass is 9.78. The van der Waals surface area contributed by atoms with E-state index in [4.69, 9.17) is 4.74 Å². The molecule has 1 amide bonds. The Morgan fingerprint density at radius 2 is 2.29 bits per heavy atom. The van der Waals surface area contributed by atoms with Gasteiger partial charge in [-0.2, -0.15) is 0 Å². The Kier molecular flexibility index (Phi) is 4.62. The molecule has 2 fully saturated rings. The summed E-state index contributed by atoms with van der Waals surface area (Å²) in [4.78, 5) is 18.6. The van der Waals surface area contributed by atoms with E-state index >= 15 is 0 Å². The monoisotopic (exact) mass is 308 g/mol. The van der Waals surface area contributed by atoms with Crippen LogP contribution in [0.15, 0.2) is 17.5 Å². The Bertz CT molecular complexity index is 477. The summed E-state index contributed by atoms with van der Waals surface area (Å²) >= 11 is 1.81. The van der Waals surface area contributed by atoms with E-state index < -0.39 is 0 Å². The maximum absolute atomic E-state index is 12.8. The molecule has 0 bridgehead atoms. The summed E-state index contributed by atoms with van der Waals surface area (Å²) in [7, 11) is 1.69. The van der Waals surface area contributed by atoms with Gasteiger partial charge >= 0.3 is 0 Å². The van der Waals surface area contributed by atoms with Gasteiger partial charge in [-0.05, 0) is 37.3 Å². The van der Waals surface area contributed by atoms with Crippen LogP contribution in [0.25, 0.3) is 0 Å². The fourth-order valence-electron chi connectivity index (χ4n) is 3.67. The molecule has 2 saturated heterocycles. The average molecular weight is 308 g/mol. The number of hydrogen-bond donors (Lipinski definition) is 0. The Morgan fingerprint density at radius 3 is 3.05 bits per heavy atom. The lowest BCUT2D eigenvalue weighted by Gasteiger charge is -2.38. The lowest BCUT2D eigenvalue weighted by Crippen LogP contribution is -2.47. The standard InChI is InChI=1S/C16H24N2O2S/c1-20-10-9-18-8-6-16(15(18)19)5-3-7-17(13-16)12-14-4-2-11-21-14/h2,4,11H,3,5-10,12-13H2,1H3. The third kappa shape index (κ3) is 3.15. The zero-order chi connectivity index (χ0) is 14.7. The number of carbonyl (C=O) groups is 1. The van der Waals surface area contributed by atoms with Crippen molar-refractivity contribution in [2.45, 2.75) is 25.8 Å². The number of likely N-dealkylation sites (tertiary alicyclic amines) is 2. The predicted molar refractivity (Wildman–Crippen MR) is 84.3 cm³/mol. The van der Waals surface area contributed by atoms with Crippen molar-refractivity contribution in [2.75, 3.05) is 39.9 Å². The van der Waals surface area contributed by atoms with Gasteiger partial charge in [-0.3, -0.25) is 9.69 Å². The van der Waals surface area contributed by atoms with Gasteiger partial charge in [0.2, 0.25) is 5.91 Å². The largest absolute Gasteiger partial charge is 0.383 e. The van der Waals surface area contributed by atoms with E-state index in [1.165, 1.54) is 4.88 Å². The van der Waals surface area contributed by atoms with Gasteiger partial charge in [-0.1, -0.05) is 6.07 Å². The van der Waals surface area contributed by atoms with Crippen molar-refractivity contribution in [1.82, 2.24) is 9.80 Å². The van der Waals surface area contributed by atoms with Crippen LogP contribution in [-0.4, -0.2) is 55.6 Å². The molecule has 0 aliphatic carbocycles. The van der Waals surface area contributed by atoms with E-state index in [1.807, 2.05) is 4.90 Å². The van der Waals surface area contributed by atoms with Crippen LogP contribution in [0.2, 0.25) is 0 Å². The molecule has 0 aromatic carbocycles. The minimum absolute atomic E-state index is 0.122. The van der Waals surface area contributed by atoms with Gasteiger partial charge in [-0.25, -0.2) is 0 Å². The highest BCUT2D eigenvalue weighted by molar-refractivity contribution is 7.09. The SMILES string of the molecule is COCCN1CCC2(CCCN(Cc3cccs3)C2)C1=O. The van der Waals surface area contributed by atoms with E-state index in [2.05, 4.69) is 22.4 Å². The van der Waals surface area contributed by atoms with Crippen LogP contribution in [0.1, 0.15) is 24.1 Å². The number of nitrogens with zero attached hydrogens (tertiary/aromatic N) is 2. The van der Waals surface area contributed by atoms with E-state index in [0.717, 1.165) is 52.0 Å². The van der Waals surface area contributed by atoms with Gasteiger partial charge in [0.15, 0.2) is 0 Å². The quantitative estimate of drug-likeness (QED) is 0.836. The van der Waals surface area contributed by atoms with Crippen molar-refractivity contribution >= 4 is 17.2 Å². The second kappa shape index (κ2) is 6.46. The number of thiophene rings is 1. The van der Waals surface area contributed by atoms with Crippen molar-refractivity contribution in [3.63, 3.8) is 0 Å². The second-order valence-electron chi connectivity index (χ2n) is 6.21. The van der Waals surface area contributed by atoms with Gasteiger partial charge in [0.25, 0.3) is 0 Å². The number of methoxy groups -OCH3 is 1. The Morgan fingerprint density at radius 1 is 1.38 bits per heavy atom. The molecule has 0 radical (unpaired) electrons. The summed E-state index contributed by atoms with van der Waals surface area (Å²) in [5.41, 5.74) is -0.122. The summed E-state index contributed by atoms with van der Waals surface area (Å²) in [6, 6.07) is 4.29. The van der Waals surface area contributed by atoms with Crippen LogP contribution in [0.3, 0.4) is 0 Å². The highest BCUT2D eigenvalue weighted by atomic mass is 32.1. The zero-order valence-electron chi connectivity index (χ0n) is 12.7. The molecule has 0 N–H and O–H groups in total. The molecule has 0 saturated carbocycles. The van der Waals surface area contributed by atoms with Crippen molar-refractivity contribution in [3.05, 3.63) is 22.4 Å². The molecule has 1 aromatic rings. The first kappa shape index (κ1) is 15.0. The van der Waals surface area contributed by atoms with Crippen LogP contribution in [0.4, 0.5) is 0 Å². The van der Waals surface area contributed by atoms with Gasteiger partial charge in [0, 0.05) is 38.2 Å². The lowest BCUT2D eigenvalue weighted by molar-refractivity contribution is -0.139. The molecular formula is C16H24N2O2S. The molecule has 5 heteroatoms. The van der Waals surface area contributed by atoms with Crippen molar-refractivity contribution in [2.24, 2.45) is 5.41 Å². The molecule has 116 valence electrons. The first-order chi connectivity index (χ1) is 10.2. The minimum atomic E-state index is -0.122. The smallest absolute Gasteiger partial charge is 0.230 e. The van der Waals surface area contributed by atoms with Crippen LogP contribution in [0, 0.1) is 5.41 Å². The Hall–Kier alpha value is -0.910. The van der Waals surface area contributed by atoms with Crippen LogP contribution < -0.4 is 0 Å². The van der Waals surface area contributed by atoms with E-state index in [9.17, 15) is 4.79 Å². The molecule has 3 rings (SSSR count). The maximum atomic E-state index is 12.8. The average Bonchev–Trinajstić information content (AvgIpc) is 3.09. The minimum Gasteiger partial charge on any atom is -0.383 e. The number of rotatable bonds is 5. The van der Waals surface area contributed by atoms with Crippen molar-refractivity contribution in [3.8, 4) is 0 Å². The number of amides is 1. The van der Waals surface area contributed by atoms with Crippen LogP contribution in [0.5, 0.6) is 0 Å². The summed E-state index contributed by atoms with van der Waals surface area (Å²) in [6.45, 7) is 5.31. The second-order valence-corrected chi connectivity index (χ2v) is 7.24. The number of ether oxygens (including phenoxy) is 1. The first-order valence-electron chi connectivity index (χ1n) is 7.77. The molecular weight excluding hydrogens is 284 g/mol. The topological polar surface area (TPSA) is 32.8 Å². The fourth-order valence-corrected chi connectivity index (χ4v) is 4.42. The van der Waals surface area contributed by atoms with Gasteiger partial charge in [0.1, 0.15) is 0 Å². The highest BCUT2D eigenvalue weighted by Gasteiger charge is 2.48. The predicted octanol–water partition coefficient (Wildman–Crippen LogP) is 2.21. The number of carbonyl (C=O) groups excluding carboxylic acids is 1. The summed E-state index contributed by atoms with van der Waals surface area (Å²) in [5, 5.41) is 2.13. The molecule has 3 heterocycles. The molecule has 1 unspecified atom stereocenters. The summed E-state index contributed by atoms with van der Waals surface area (Å²) < 4.78 is 5.12. The number of hydrogen-bond acceptors (Lipinski definition) is 4. The summed E-state index contributed by atoms with van der Waals surface area (Å²) in [6.07, 6.45) is 3.20. The maximum Gasteiger partial charge on any atom is 0.230 e. The third-order valence-corrected chi connectivity index (χ3v) is 5.64.